The molecule has 0 aromatic rings. The van der Waals surface area contributed by atoms with E-state index in [4.69, 9.17) is 0 Å². The fourth-order valence-corrected chi connectivity index (χ4v) is 1.89. The smallest absolute Gasteiger partial charge is 0.662 e. The number of rotatable bonds is 2. The van der Waals surface area contributed by atoms with Gasteiger partial charge in [0.2, 0.25) is 0 Å². The fourth-order valence-electron chi connectivity index (χ4n) is 1.89. The second-order valence-electron chi connectivity index (χ2n) is 6.10. The molecule has 0 amide bonds. The maximum absolute atomic E-state index is 4.27. The Kier molecular flexibility index (Phi) is 115. The molecule has 0 saturated carbocycles. The summed E-state index contributed by atoms with van der Waals surface area (Å²) in [6.07, 6.45) is 16.0. The van der Waals surface area contributed by atoms with E-state index in [9.17, 15) is 0 Å². The topological polar surface area (TPSA) is 26.1 Å². The summed E-state index contributed by atoms with van der Waals surface area (Å²) >= 11 is 1.90. The van der Waals surface area contributed by atoms with Crippen LogP contribution in [0.1, 0.15) is 113 Å². The third-order valence-electron chi connectivity index (χ3n) is 3.69. The number of nitrogens with one attached hydrogen (secondary N) is 1. The van der Waals surface area contributed by atoms with Crippen LogP contribution in [0.5, 0.6) is 0 Å². The minimum absolute atomic E-state index is 0. The van der Waals surface area contributed by atoms with Crippen molar-refractivity contribution in [3.05, 3.63) is 17.2 Å². The Morgan fingerprint density at radius 2 is 0.966 bits per heavy atom. The van der Waals surface area contributed by atoms with E-state index in [2.05, 4.69) is 43.3 Å². The molecule has 2 fully saturated rings. The monoisotopic (exact) mass is 506 g/mol. The fraction of sp³-hybridized carbons (Fsp3) is 0.913. The Balaban J connectivity index is -0.0000000320. The van der Waals surface area contributed by atoms with Crippen LogP contribution in [0.25, 0.3) is 5.32 Å². The molecule has 0 atom stereocenters. The molecule has 2 aliphatic heterocycles. The maximum atomic E-state index is 4.27. The van der Waals surface area contributed by atoms with Crippen molar-refractivity contribution < 1.29 is 56.6 Å². The van der Waals surface area contributed by atoms with Crippen LogP contribution in [-0.2, 0) is 0 Å². The molecule has 0 radical (unpaired) electrons. The molecular weight excluding hydrogens is 452 g/mol. The van der Waals surface area contributed by atoms with Gasteiger partial charge in [0.05, 0.1) is 0 Å². The SMILES string of the molecule is C.C.C1CCCNCC1.C1CCC[N-]CC1.CCCC.[CH2-]CCC.[CH2-]I.[Li+].[Li+].[Li+]. The first-order chi connectivity index (χ1) is 11.8. The minimum atomic E-state index is 0. The van der Waals surface area contributed by atoms with Crippen LogP contribution < -0.4 is 61.9 Å². The van der Waals surface area contributed by atoms with Crippen LogP contribution in [0.15, 0.2) is 0 Å². The standard InChI is InChI=1S/C6H13N.C6H12N.C4H10.C4H9.CH2I.2CH4.3Li/c2*1-2-4-6-7-5-3-1;2*1-3-4-2;1-2;;;;;/h7H,1-6H2;1-6H2;3-4H2,1-2H3;1,3-4H2,2H3;1H2;2*1H4;;;/q;-1;;2*-1;;;3*+1. The van der Waals surface area contributed by atoms with Crippen molar-refractivity contribution >= 4 is 22.6 Å². The Bertz CT molecular complexity index is 119. The van der Waals surface area contributed by atoms with Crippen molar-refractivity contribution in [2.75, 3.05) is 26.2 Å². The summed E-state index contributed by atoms with van der Waals surface area (Å²) in [5.41, 5.74) is 0. The van der Waals surface area contributed by atoms with Crippen LogP contribution in [0.4, 0.5) is 0 Å². The third-order valence-corrected chi connectivity index (χ3v) is 3.69. The zero-order valence-electron chi connectivity index (χ0n) is 20.1. The van der Waals surface area contributed by atoms with Gasteiger partial charge >= 0.3 is 56.6 Å². The Morgan fingerprint density at radius 3 is 1.24 bits per heavy atom. The van der Waals surface area contributed by atoms with Crippen molar-refractivity contribution in [3.8, 4) is 0 Å². The molecule has 166 valence electrons. The van der Waals surface area contributed by atoms with Gasteiger partial charge in [0.1, 0.15) is 0 Å². The first kappa shape index (κ1) is 53.0. The van der Waals surface area contributed by atoms with E-state index in [0.29, 0.717) is 0 Å². The average molecular weight is 506 g/mol. The van der Waals surface area contributed by atoms with Crippen LogP contribution in [0.3, 0.4) is 0 Å². The summed E-state index contributed by atoms with van der Waals surface area (Å²) in [5.74, 6) is 0. The normalized spacial score (nSPS) is 13.9. The largest absolute Gasteiger partial charge is 1.00 e. The van der Waals surface area contributed by atoms with Crippen molar-refractivity contribution in [3.63, 3.8) is 0 Å². The average Bonchev–Trinajstić information content (AvgIpc) is 3.14. The summed E-state index contributed by atoms with van der Waals surface area (Å²) in [7, 11) is 0. The van der Waals surface area contributed by atoms with Gasteiger partial charge in [-0.25, -0.2) is 0 Å². The molecule has 6 heteroatoms. The maximum Gasteiger partial charge on any atom is 1.00 e. The van der Waals surface area contributed by atoms with Crippen LogP contribution in [0, 0.1) is 11.9 Å². The zero-order valence-corrected chi connectivity index (χ0v) is 22.2. The molecule has 1 N–H and O–H groups in total. The van der Waals surface area contributed by atoms with Gasteiger partial charge in [0.15, 0.2) is 0 Å². The van der Waals surface area contributed by atoms with Crippen LogP contribution in [0.2, 0.25) is 0 Å². The summed E-state index contributed by atoms with van der Waals surface area (Å²) in [5, 5.41) is 7.62. The minimum Gasteiger partial charge on any atom is -0.662 e. The molecule has 0 aromatic carbocycles. The predicted molar refractivity (Wildman–Crippen MR) is 137 cm³/mol. The van der Waals surface area contributed by atoms with Gasteiger partial charge in [0.25, 0.3) is 0 Å². The molecular formula is C23H54ILi3N2. The summed E-state index contributed by atoms with van der Waals surface area (Å²) < 4.78 is 0. The van der Waals surface area contributed by atoms with Crippen molar-refractivity contribution in [2.24, 2.45) is 0 Å². The second kappa shape index (κ2) is 63.1. The van der Waals surface area contributed by atoms with E-state index in [1.54, 1.807) is 0 Å². The molecule has 0 aliphatic carbocycles. The number of hydrogen-bond acceptors (Lipinski definition) is 1. The van der Waals surface area contributed by atoms with E-state index in [-0.39, 0.29) is 71.4 Å². The summed E-state index contributed by atoms with van der Waals surface area (Å²) in [4.78, 5) is 3.22. The third kappa shape index (κ3) is 72.4. The van der Waals surface area contributed by atoms with Crippen LogP contribution >= 0.6 is 22.6 Å². The molecule has 2 aliphatic rings. The Labute approximate surface area is 238 Å². The Hall–Kier alpha value is 2.44. The summed E-state index contributed by atoms with van der Waals surface area (Å²) in [6.45, 7) is 14.8. The zero-order chi connectivity index (χ0) is 18.7. The summed E-state index contributed by atoms with van der Waals surface area (Å²) in [6, 6.07) is 0. The second-order valence-corrected chi connectivity index (χ2v) is 6.10. The molecule has 29 heavy (non-hydrogen) atoms. The predicted octanol–water partition coefficient (Wildman–Crippen LogP) is 0.00828. The number of nitrogens with zero attached hydrogens (tertiary/aromatic N) is 1. The number of unbranched alkanes of at least 4 members (excludes halogenated alkanes) is 2. The molecule has 0 spiro atoms. The molecule has 2 nitrogen and oxygen atoms in total. The van der Waals surface area contributed by atoms with E-state index in [1.807, 2.05) is 22.6 Å². The van der Waals surface area contributed by atoms with Gasteiger partial charge in [-0.3, -0.25) is 4.93 Å². The first-order valence-electron chi connectivity index (χ1n) is 10.2. The van der Waals surface area contributed by atoms with E-state index in [1.165, 1.54) is 83.7 Å². The van der Waals surface area contributed by atoms with Crippen molar-refractivity contribution in [1.82, 2.24) is 5.32 Å². The van der Waals surface area contributed by atoms with E-state index in [0.717, 1.165) is 19.5 Å². The van der Waals surface area contributed by atoms with Gasteiger partial charge in [0, 0.05) is 0 Å². The van der Waals surface area contributed by atoms with Gasteiger partial charge in [-0.2, -0.15) is 6.42 Å². The van der Waals surface area contributed by atoms with Gasteiger partial charge in [-0.15, -0.1) is 13.1 Å². The number of hydrogen-bond donors (Lipinski definition) is 1. The number of halogens is 1. The molecule has 2 rings (SSSR count). The van der Waals surface area contributed by atoms with Crippen LogP contribution in [-0.4, -0.2) is 26.2 Å². The molecule has 2 heterocycles. The van der Waals surface area contributed by atoms with Gasteiger partial charge < -0.3 is 40.1 Å². The molecule has 0 unspecified atom stereocenters. The quantitative estimate of drug-likeness (QED) is 0.319. The van der Waals surface area contributed by atoms with E-state index >= 15 is 0 Å². The van der Waals surface area contributed by atoms with Gasteiger partial charge in [-0.1, -0.05) is 93.4 Å². The molecule has 0 aromatic heterocycles. The van der Waals surface area contributed by atoms with Crippen molar-refractivity contribution in [1.29, 1.82) is 0 Å². The first-order valence-corrected chi connectivity index (χ1v) is 11.8. The Morgan fingerprint density at radius 1 is 0.655 bits per heavy atom. The van der Waals surface area contributed by atoms with Gasteiger partial charge in [-0.05, 0) is 25.9 Å². The molecule has 0 bridgehead atoms. The van der Waals surface area contributed by atoms with Crippen molar-refractivity contribution in [2.45, 2.75) is 113 Å². The molecule has 2 saturated heterocycles. The van der Waals surface area contributed by atoms with E-state index < -0.39 is 0 Å².